The molecule has 2 heterocycles. The highest BCUT2D eigenvalue weighted by Gasteiger charge is 2.18. The molecule has 0 radical (unpaired) electrons. The maximum atomic E-state index is 12.4. The number of benzene rings is 1. The van der Waals surface area contributed by atoms with Crippen molar-refractivity contribution in [3.8, 4) is 0 Å². The Bertz CT molecular complexity index is 716. The van der Waals surface area contributed by atoms with E-state index in [0.29, 0.717) is 18.3 Å². The molecule has 146 valence electrons. The van der Waals surface area contributed by atoms with Crippen LogP contribution in [0, 0.1) is 0 Å². The van der Waals surface area contributed by atoms with Gasteiger partial charge in [0.15, 0.2) is 5.69 Å². The molecular formula is C20H30N6O. The molecule has 1 aromatic carbocycles. The van der Waals surface area contributed by atoms with Crippen LogP contribution in [0.5, 0.6) is 0 Å². The summed E-state index contributed by atoms with van der Waals surface area (Å²) in [6.07, 6.45) is 3.80. The molecule has 1 aromatic heterocycles. The van der Waals surface area contributed by atoms with Gasteiger partial charge >= 0.3 is 0 Å². The molecule has 0 aliphatic carbocycles. The van der Waals surface area contributed by atoms with Crippen LogP contribution in [0.2, 0.25) is 0 Å². The van der Waals surface area contributed by atoms with E-state index in [9.17, 15) is 4.79 Å². The van der Waals surface area contributed by atoms with Gasteiger partial charge in [-0.15, -0.1) is 5.10 Å². The van der Waals surface area contributed by atoms with Crippen molar-refractivity contribution in [3.05, 3.63) is 47.3 Å². The Balaban J connectivity index is 1.51. The number of hydrogen-bond donors (Lipinski definition) is 2. The lowest BCUT2D eigenvalue weighted by Gasteiger charge is -2.22. The minimum absolute atomic E-state index is 0.178. The summed E-state index contributed by atoms with van der Waals surface area (Å²) in [5.41, 5.74) is 2.75. The van der Waals surface area contributed by atoms with Crippen LogP contribution >= 0.6 is 0 Å². The molecule has 0 atom stereocenters. The SMILES string of the molecule is CCN(CC)Cc1ccc(CNC(=O)c2cn(C3CCNCC3)nn2)cc1. The van der Waals surface area contributed by atoms with Crippen molar-refractivity contribution in [3.63, 3.8) is 0 Å². The average molecular weight is 371 g/mol. The van der Waals surface area contributed by atoms with E-state index >= 15 is 0 Å². The van der Waals surface area contributed by atoms with E-state index in [0.717, 1.165) is 51.1 Å². The first kappa shape index (κ1) is 19.5. The van der Waals surface area contributed by atoms with Gasteiger partial charge in [-0.3, -0.25) is 9.69 Å². The summed E-state index contributed by atoms with van der Waals surface area (Å²) in [7, 11) is 0. The summed E-state index contributed by atoms with van der Waals surface area (Å²) in [6, 6.07) is 8.75. The number of nitrogens with one attached hydrogen (secondary N) is 2. The fourth-order valence-electron chi connectivity index (χ4n) is 3.37. The highest BCUT2D eigenvalue weighted by molar-refractivity contribution is 5.91. The Morgan fingerprint density at radius 1 is 1.19 bits per heavy atom. The third kappa shape index (κ3) is 5.37. The number of carbonyl (C=O) groups excluding carboxylic acids is 1. The first-order valence-electron chi connectivity index (χ1n) is 9.90. The predicted octanol–water partition coefficient (Wildman–Crippen LogP) is 1.97. The number of rotatable bonds is 8. The Kier molecular flexibility index (Phi) is 6.95. The molecule has 2 aromatic rings. The Labute approximate surface area is 161 Å². The van der Waals surface area contributed by atoms with E-state index < -0.39 is 0 Å². The van der Waals surface area contributed by atoms with Gasteiger partial charge in [0.25, 0.3) is 5.91 Å². The van der Waals surface area contributed by atoms with Gasteiger partial charge in [0, 0.05) is 13.1 Å². The number of amides is 1. The standard InChI is InChI=1S/C20H30N6O/c1-3-25(4-2)14-17-7-5-16(6-8-17)13-22-20(27)19-15-26(24-23-19)18-9-11-21-12-10-18/h5-8,15,18,21H,3-4,9-14H2,1-2H3,(H,22,27). The topological polar surface area (TPSA) is 75.1 Å². The maximum absolute atomic E-state index is 12.4. The van der Waals surface area contributed by atoms with Gasteiger partial charge in [-0.2, -0.15) is 0 Å². The van der Waals surface area contributed by atoms with Crippen LogP contribution in [0.4, 0.5) is 0 Å². The molecule has 3 rings (SSSR count). The molecular weight excluding hydrogens is 340 g/mol. The zero-order valence-corrected chi connectivity index (χ0v) is 16.3. The first-order chi connectivity index (χ1) is 13.2. The quantitative estimate of drug-likeness (QED) is 0.743. The van der Waals surface area contributed by atoms with E-state index in [1.54, 1.807) is 6.20 Å². The molecule has 0 unspecified atom stereocenters. The second-order valence-corrected chi connectivity index (χ2v) is 7.03. The Morgan fingerprint density at radius 2 is 1.85 bits per heavy atom. The van der Waals surface area contributed by atoms with Crippen molar-refractivity contribution in [2.24, 2.45) is 0 Å². The molecule has 27 heavy (non-hydrogen) atoms. The van der Waals surface area contributed by atoms with Crippen molar-refractivity contribution >= 4 is 5.91 Å². The highest BCUT2D eigenvalue weighted by Crippen LogP contribution is 2.17. The summed E-state index contributed by atoms with van der Waals surface area (Å²) in [5, 5.41) is 14.5. The number of aromatic nitrogens is 3. The van der Waals surface area contributed by atoms with E-state index in [2.05, 4.69) is 64.0 Å². The molecule has 1 aliphatic heterocycles. The van der Waals surface area contributed by atoms with Crippen LogP contribution in [-0.2, 0) is 13.1 Å². The Morgan fingerprint density at radius 3 is 2.52 bits per heavy atom. The van der Waals surface area contributed by atoms with Crippen molar-refractivity contribution < 1.29 is 4.79 Å². The normalized spacial score (nSPS) is 15.2. The van der Waals surface area contributed by atoms with Crippen LogP contribution in [0.15, 0.2) is 30.5 Å². The molecule has 0 spiro atoms. The van der Waals surface area contributed by atoms with Crippen LogP contribution in [0.3, 0.4) is 0 Å². The monoisotopic (exact) mass is 370 g/mol. The van der Waals surface area contributed by atoms with Crippen LogP contribution in [0.1, 0.15) is 54.3 Å². The average Bonchev–Trinajstić information content (AvgIpc) is 3.22. The molecule has 0 saturated carbocycles. The summed E-state index contributed by atoms with van der Waals surface area (Å²) >= 11 is 0. The summed E-state index contributed by atoms with van der Waals surface area (Å²) in [5.74, 6) is -0.178. The lowest BCUT2D eigenvalue weighted by molar-refractivity contribution is 0.0946. The van der Waals surface area contributed by atoms with Gasteiger partial charge in [-0.25, -0.2) is 4.68 Å². The third-order valence-corrected chi connectivity index (χ3v) is 5.20. The van der Waals surface area contributed by atoms with E-state index in [-0.39, 0.29) is 5.91 Å². The van der Waals surface area contributed by atoms with E-state index in [4.69, 9.17) is 0 Å². The largest absolute Gasteiger partial charge is 0.347 e. The summed E-state index contributed by atoms with van der Waals surface area (Å²) in [6.45, 7) is 9.86. The molecule has 1 aliphatic rings. The smallest absolute Gasteiger partial charge is 0.273 e. The van der Waals surface area contributed by atoms with Gasteiger partial charge in [-0.1, -0.05) is 43.3 Å². The van der Waals surface area contributed by atoms with Gasteiger partial charge in [0.1, 0.15) is 0 Å². The zero-order chi connectivity index (χ0) is 19.1. The summed E-state index contributed by atoms with van der Waals surface area (Å²) in [4.78, 5) is 14.7. The molecule has 1 amide bonds. The van der Waals surface area contributed by atoms with Crippen LogP contribution in [0.25, 0.3) is 0 Å². The van der Waals surface area contributed by atoms with Crippen molar-refractivity contribution in [1.82, 2.24) is 30.5 Å². The van der Waals surface area contributed by atoms with E-state index in [1.165, 1.54) is 5.56 Å². The second kappa shape index (κ2) is 9.62. The van der Waals surface area contributed by atoms with Crippen molar-refractivity contribution in [2.45, 2.75) is 45.8 Å². The minimum Gasteiger partial charge on any atom is -0.347 e. The number of carbonyl (C=O) groups is 1. The lowest BCUT2D eigenvalue weighted by Crippen LogP contribution is -2.29. The first-order valence-corrected chi connectivity index (χ1v) is 9.90. The van der Waals surface area contributed by atoms with E-state index in [1.807, 2.05) is 4.68 Å². The van der Waals surface area contributed by atoms with Gasteiger partial charge in [-0.05, 0) is 50.1 Å². The lowest BCUT2D eigenvalue weighted by atomic mass is 10.1. The fourth-order valence-corrected chi connectivity index (χ4v) is 3.37. The van der Waals surface area contributed by atoms with Crippen molar-refractivity contribution in [2.75, 3.05) is 26.2 Å². The van der Waals surface area contributed by atoms with Gasteiger partial charge in [0.05, 0.1) is 12.2 Å². The second-order valence-electron chi connectivity index (χ2n) is 7.03. The predicted molar refractivity (Wildman–Crippen MR) is 105 cm³/mol. The van der Waals surface area contributed by atoms with Crippen LogP contribution in [-0.4, -0.2) is 52.0 Å². The molecule has 1 saturated heterocycles. The third-order valence-electron chi connectivity index (χ3n) is 5.20. The van der Waals surface area contributed by atoms with Crippen molar-refractivity contribution in [1.29, 1.82) is 0 Å². The zero-order valence-electron chi connectivity index (χ0n) is 16.3. The molecule has 0 bridgehead atoms. The maximum Gasteiger partial charge on any atom is 0.273 e. The minimum atomic E-state index is -0.178. The van der Waals surface area contributed by atoms with Crippen LogP contribution < -0.4 is 10.6 Å². The number of nitrogens with zero attached hydrogens (tertiary/aromatic N) is 4. The molecule has 7 nitrogen and oxygen atoms in total. The fraction of sp³-hybridized carbons (Fsp3) is 0.550. The number of piperidine rings is 1. The molecule has 1 fully saturated rings. The molecule has 2 N–H and O–H groups in total. The highest BCUT2D eigenvalue weighted by atomic mass is 16.2. The number of hydrogen-bond acceptors (Lipinski definition) is 5. The van der Waals surface area contributed by atoms with Gasteiger partial charge < -0.3 is 10.6 Å². The Hall–Kier alpha value is -2.25. The molecule has 7 heteroatoms. The van der Waals surface area contributed by atoms with Gasteiger partial charge in [0.2, 0.25) is 0 Å². The summed E-state index contributed by atoms with van der Waals surface area (Å²) < 4.78 is 1.83.